The molecule has 0 saturated carbocycles. The Balaban J connectivity index is 2.03. The summed E-state index contributed by atoms with van der Waals surface area (Å²) in [6.07, 6.45) is 1.82. The Hall–Kier alpha value is -3.06. The number of nitrogens with one attached hydrogen (secondary N) is 1. The summed E-state index contributed by atoms with van der Waals surface area (Å²) in [6, 6.07) is 13.9. The number of allylic oxidation sites excluding steroid dienone is 1. The molecule has 3 aromatic rings. The molecule has 0 fully saturated rings. The van der Waals surface area contributed by atoms with Crippen LogP contribution in [0.3, 0.4) is 0 Å². The number of ether oxygens (including phenoxy) is 1. The molecule has 2 aromatic carbocycles. The molecular weight excluding hydrogens is 286 g/mol. The maximum Gasteiger partial charge on any atom is 0.149 e. The molecule has 0 spiro atoms. The molecule has 1 aromatic heterocycles. The molecule has 0 radical (unpaired) electrons. The molecule has 3 rings (SSSR count). The van der Waals surface area contributed by atoms with Gasteiger partial charge in [0, 0.05) is 0 Å². The molecule has 0 unspecified atom stereocenters. The van der Waals surface area contributed by atoms with E-state index in [-0.39, 0.29) is 0 Å². The lowest BCUT2D eigenvalue weighted by atomic mass is 10.1. The van der Waals surface area contributed by atoms with Crippen LogP contribution in [0.2, 0.25) is 0 Å². The lowest BCUT2D eigenvalue weighted by molar-refractivity contribution is 0.415. The quantitative estimate of drug-likeness (QED) is 0.736. The van der Waals surface area contributed by atoms with Gasteiger partial charge in [-0.3, -0.25) is 0 Å². The number of aromatic amines is 1. The highest BCUT2D eigenvalue weighted by Gasteiger charge is 2.09. The van der Waals surface area contributed by atoms with E-state index in [2.05, 4.69) is 36.0 Å². The van der Waals surface area contributed by atoms with Gasteiger partial charge in [-0.1, -0.05) is 12.1 Å². The maximum absolute atomic E-state index is 9.47. The van der Waals surface area contributed by atoms with Gasteiger partial charge in [0.05, 0.1) is 23.7 Å². The fourth-order valence-corrected chi connectivity index (χ4v) is 2.42. The third kappa shape index (κ3) is 2.95. The SMILES string of the molecule is COc1ccc(/C=C(\C#N)c2nc3cc(C)c(C)cc3[nH]2)cc1. The zero-order chi connectivity index (χ0) is 16.4. The Morgan fingerprint density at radius 3 is 2.52 bits per heavy atom. The van der Waals surface area contributed by atoms with Crippen LogP contribution in [-0.2, 0) is 0 Å². The van der Waals surface area contributed by atoms with Crippen LogP contribution in [-0.4, -0.2) is 17.1 Å². The minimum absolute atomic E-state index is 0.502. The predicted octanol–water partition coefficient (Wildman–Crippen LogP) is 4.25. The van der Waals surface area contributed by atoms with Crippen LogP contribution in [0.1, 0.15) is 22.5 Å². The Morgan fingerprint density at radius 1 is 1.17 bits per heavy atom. The number of aryl methyl sites for hydroxylation is 2. The van der Waals surface area contributed by atoms with Crippen LogP contribution >= 0.6 is 0 Å². The number of H-pyrrole nitrogens is 1. The zero-order valence-corrected chi connectivity index (χ0v) is 13.3. The fourth-order valence-electron chi connectivity index (χ4n) is 2.42. The maximum atomic E-state index is 9.47. The summed E-state index contributed by atoms with van der Waals surface area (Å²) < 4.78 is 5.14. The number of imidazole rings is 1. The molecule has 0 aliphatic heterocycles. The molecule has 23 heavy (non-hydrogen) atoms. The first kappa shape index (κ1) is 14.9. The first-order valence-corrected chi connectivity index (χ1v) is 7.34. The first-order valence-electron chi connectivity index (χ1n) is 7.34. The molecule has 0 bridgehead atoms. The number of rotatable bonds is 3. The summed E-state index contributed by atoms with van der Waals surface area (Å²) in [6.45, 7) is 4.12. The minimum Gasteiger partial charge on any atom is -0.497 e. The molecule has 0 aliphatic carbocycles. The average Bonchev–Trinajstić information content (AvgIpc) is 2.96. The Morgan fingerprint density at radius 2 is 1.87 bits per heavy atom. The molecule has 0 amide bonds. The van der Waals surface area contributed by atoms with Gasteiger partial charge in [-0.15, -0.1) is 0 Å². The number of nitriles is 1. The van der Waals surface area contributed by atoms with Crippen molar-refractivity contribution >= 4 is 22.7 Å². The van der Waals surface area contributed by atoms with E-state index in [0.29, 0.717) is 11.4 Å². The molecule has 1 N–H and O–H groups in total. The number of aromatic nitrogens is 2. The van der Waals surface area contributed by atoms with E-state index in [0.717, 1.165) is 22.3 Å². The smallest absolute Gasteiger partial charge is 0.149 e. The number of hydrogen-bond acceptors (Lipinski definition) is 3. The molecule has 114 valence electrons. The number of hydrogen-bond donors (Lipinski definition) is 1. The van der Waals surface area contributed by atoms with E-state index in [4.69, 9.17) is 4.74 Å². The Kier molecular flexibility index (Phi) is 3.86. The van der Waals surface area contributed by atoms with Crippen LogP contribution in [0.15, 0.2) is 36.4 Å². The van der Waals surface area contributed by atoms with Crippen LogP contribution < -0.4 is 4.74 Å². The summed E-state index contributed by atoms with van der Waals surface area (Å²) in [5.74, 6) is 1.37. The van der Waals surface area contributed by atoms with Crippen molar-refractivity contribution in [3.8, 4) is 11.8 Å². The van der Waals surface area contributed by atoms with Gasteiger partial charge in [-0.25, -0.2) is 4.98 Å². The summed E-state index contributed by atoms with van der Waals surface area (Å²) in [7, 11) is 1.63. The Bertz CT molecular complexity index is 889. The summed E-state index contributed by atoms with van der Waals surface area (Å²) in [5, 5.41) is 9.47. The average molecular weight is 303 g/mol. The third-order valence-corrected chi connectivity index (χ3v) is 3.90. The normalized spacial score (nSPS) is 11.5. The Labute approximate surface area is 135 Å². The fraction of sp³-hybridized carbons (Fsp3) is 0.158. The van der Waals surface area contributed by atoms with Gasteiger partial charge < -0.3 is 9.72 Å². The van der Waals surface area contributed by atoms with E-state index in [1.165, 1.54) is 11.1 Å². The van der Waals surface area contributed by atoms with E-state index < -0.39 is 0 Å². The molecule has 4 heteroatoms. The van der Waals surface area contributed by atoms with Crippen molar-refractivity contribution in [2.75, 3.05) is 7.11 Å². The lowest BCUT2D eigenvalue weighted by Crippen LogP contribution is -1.86. The van der Waals surface area contributed by atoms with Gasteiger partial charge in [0.1, 0.15) is 17.6 Å². The van der Waals surface area contributed by atoms with Crippen molar-refractivity contribution in [3.05, 3.63) is 58.9 Å². The van der Waals surface area contributed by atoms with Crippen molar-refractivity contribution in [3.63, 3.8) is 0 Å². The van der Waals surface area contributed by atoms with Gasteiger partial charge in [-0.2, -0.15) is 5.26 Å². The second-order valence-electron chi connectivity index (χ2n) is 5.48. The van der Waals surface area contributed by atoms with Crippen LogP contribution in [0.4, 0.5) is 0 Å². The molecule has 0 aliphatic rings. The highest BCUT2D eigenvalue weighted by molar-refractivity contribution is 5.90. The van der Waals surface area contributed by atoms with Crippen LogP contribution in [0.5, 0.6) is 5.75 Å². The summed E-state index contributed by atoms with van der Waals surface area (Å²) >= 11 is 0. The highest BCUT2D eigenvalue weighted by Crippen LogP contribution is 2.22. The summed E-state index contributed by atoms with van der Waals surface area (Å²) in [5.41, 5.74) is 5.63. The monoisotopic (exact) mass is 303 g/mol. The van der Waals surface area contributed by atoms with Crippen molar-refractivity contribution in [2.45, 2.75) is 13.8 Å². The van der Waals surface area contributed by atoms with Gasteiger partial charge >= 0.3 is 0 Å². The zero-order valence-electron chi connectivity index (χ0n) is 13.3. The number of methoxy groups -OCH3 is 1. The van der Waals surface area contributed by atoms with E-state index >= 15 is 0 Å². The van der Waals surface area contributed by atoms with Crippen molar-refractivity contribution in [1.29, 1.82) is 5.26 Å². The van der Waals surface area contributed by atoms with E-state index in [9.17, 15) is 5.26 Å². The predicted molar refractivity (Wildman–Crippen MR) is 92.0 cm³/mol. The van der Waals surface area contributed by atoms with Crippen LogP contribution in [0.25, 0.3) is 22.7 Å². The molecular formula is C19H17N3O. The first-order chi connectivity index (χ1) is 11.1. The van der Waals surface area contributed by atoms with Crippen LogP contribution in [0, 0.1) is 25.2 Å². The number of benzene rings is 2. The van der Waals surface area contributed by atoms with E-state index in [1.807, 2.05) is 36.4 Å². The van der Waals surface area contributed by atoms with Gasteiger partial charge in [0.15, 0.2) is 0 Å². The number of fused-ring (bicyclic) bond motifs is 1. The topological polar surface area (TPSA) is 61.7 Å². The van der Waals surface area contributed by atoms with Crippen molar-refractivity contribution in [2.24, 2.45) is 0 Å². The van der Waals surface area contributed by atoms with Gasteiger partial charge in [-0.05, 0) is 60.9 Å². The third-order valence-electron chi connectivity index (χ3n) is 3.90. The molecule has 0 saturated heterocycles. The minimum atomic E-state index is 0.502. The summed E-state index contributed by atoms with van der Waals surface area (Å²) in [4.78, 5) is 7.78. The molecule has 4 nitrogen and oxygen atoms in total. The van der Waals surface area contributed by atoms with Crippen molar-refractivity contribution < 1.29 is 4.74 Å². The van der Waals surface area contributed by atoms with E-state index in [1.54, 1.807) is 7.11 Å². The highest BCUT2D eigenvalue weighted by atomic mass is 16.5. The standard InChI is InChI=1S/C19H17N3O/c1-12-8-17-18(9-13(12)2)22-19(21-17)15(11-20)10-14-4-6-16(23-3)7-5-14/h4-10H,1-3H3,(H,21,22)/b15-10+. The number of nitrogens with zero attached hydrogens (tertiary/aromatic N) is 2. The molecule has 1 heterocycles. The lowest BCUT2D eigenvalue weighted by Gasteiger charge is -2.00. The van der Waals surface area contributed by atoms with Crippen molar-refractivity contribution in [1.82, 2.24) is 9.97 Å². The second kappa shape index (κ2) is 5.98. The molecule has 0 atom stereocenters. The van der Waals surface area contributed by atoms with Gasteiger partial charge in [0.2, 0.25) is 0 Å². The van der Waals surface area contributed by atoms with Gasteiger partial charge in [0.25, 0.3) is 0 Å². The second-order valence-corrected chi connectivity index (χ2v) is 5.48. The largest absolute Gasteiger partial charge is 0.497 e.